The Kier molecular flexibility index (Phi) is 4.72. The third-order valence-electron chi connectivity index (χ3n) is 4.81. The second-order valence-corrected chi connectivity index (χ2v) is 7.37. The monoisotopic (exact) mass is 429 g/mol. The molecule has 3 aromatic carbocycles. The Bertz CT molecular complexity index is 1390. The minimum atomic E-state index is -0.209. The van der Waals surface area contributed by atoms with Crippen molar-refractivity contribution in [3.63, 3.8) is 0 Å². The summed E-state index contributed by atoms with van der Waals surface area (Å²) < 4.78 is 4.99. The van der Waals surface area contributed by atoms with Gasteiger partial charge >= 0.3 is 0 Å². The Morgan fingerprint density at radius 2 is 1.71 bits per heavy atom. The maximum Gasteiger partial charge on any atom is 0.255 e. The van der Waals surface area contributed by atoms with Gasteiger partial charge in [0.05, 0.1) is 10.5 Å². The fourth-order valence-electron chi connectivity index (χ4n) is 3.24. The van der Waals surface area contributed by atoms with Crippen molar-refractivity contribution in [3.05, 3.63) is 83.2 Å². The number of nitrogens with zero attached hydrogens (tertiary/aromatic N) is 3. The van der Waals surface area contributed by atoms with E-state index in [0.717, 1.165) is 22.2 Å². The minimum Gasteiger partial charge on any atom is -0.339 e. The van der Waals surface area contributed by atoms with Gasteiger partial charge in [-0.1, -0.05) is 35.0 Å². The second kappa shape index (κ2) is 7.70. The van der Waals surface area contributed by atoms with E-state index in [4.69, 9.17) is 16.1 Å². The fraction of sp³-hybridized carbons (Fsp3) is 0.0435. The molecule has 5 rings (SSSR count). The first kappa shape index (κ1) is 19.0. The van der Waals surface area contributed by atoms with Crippen molar-refractivity contribution in [2.75, 3.05) is 5.32 Å². The summed E-state index contributed by atoms with van der Waals surface area (Å²) in [6.45, 7) is 1.73. The number of rotatable bonds is 4. The van der Waals surface area contributed by atoms with Crippen molar-refractivity contribution in [3.8, 4) is 22.8 Å². The van der Waals surface area contributed by atoms with Gasteiger partial charge in [-0.2, -0.15) is 4.98 Å². The van der Waals surface area contributed by atoms with E-state index in [-0.39, 0.29) is 5.91 Å². The number of fused-ring (bicyclic) bond motifs is 1. The van der Waals surface area contributed by atoms with Crippen molar-refractivity contribution < 1.29 is 9.32 Å². The summed E-state index contributed by atoms with van der Waals surface area (Å²) in [5, 5.41) is 7.38. The molecule has 5 aromatic rings. The number of hydrogen-bond donors (Lipinski definition) is 2. The molecule has 0 atom stereocenters. The molecule has 7 nitrogen and oxygen atoms in total. The van der Waals surface area contributed by atoms with E-state index >= 15 is 0 Å². The third-order valence-corrected chi connectivity index (χ3v) is 5.12. The molecular weight excluding hydrogens is 414 g/mol. The number of halogens is 1. The van der Waals surface area contributed by atoms with E-state index in [2.05, 4.69) is 25.4 Å². The number of anilines is 1. The number of H-pyrrole nitrogens is 1. The molecule has 0 saturated carbocycles. The summed E-state index contributed by atoms with van der Waals surface area (Å²) in [6.07, 6.45) is 0. The first-order valence-electron chi connectivity index (χ1n) is 9.53. The van der Waals surface area contributed by atoms with Crippen LogP contribution in [0.25, 0.3) is 33.8 Å². The van der Waals surface area contributed by atoms with E-state index < -0.39 is 0 Å². The first-order chi connectivity index (χ1) is 15.1. The molecule has 0 spiro atoms. The second-order valence-electron chi connectivity index (χ2n) is 6.97. The Morgan fingerprint density at radius 3 is 2.39 bits per heavy atom. The zero-order valence-corrected chi connectivity index (χ0v) is 17.1. The van der Waals surface area contributed by atoms with Gasteiger partial charge in [0.15, 0.2) is 0 Å². The van der Waals surface area contributed by atoms with Crippen molar-refractivity contribution in [2.24, 2.45) is 0 Å². The molecule has 2 heterocycles. The molecule has 31 heavy (non-hydrogen) atoms. The number of aromatic amines is 1. The largest absolute Gasteiger partial charge is 0.339 e. The van der Waals surface area contributed by atoms with Crippen LogP contribution >= 0.6 is 11.6 Å². The number of carbonyl (C=O) groups excluding carboxylic acids is 1. The predicted octanol–water partition coefficient (Wildman–Crippen LogP) is 5.49. The highest BCUT2D eigenvalue weighted by molar-refractivity contribution is 6.35. The number of nitrogens with one attached hydrogen (secondary N) is 2. The number of benzene rings is 3. The molecular formula is C23H16ClN5O2. The quantitative estimate of drug-likeness (QED) is 0.393. The SMILES string of the molecule is Cc1nc(-c2ccc(C(=O)Nc3ccc(-c4nc5c(Cl)cccc5[nH]4)cc3)cc2)no1. The maximum absolute atomic E-state index is 12.6. The Morgan fingerprint density at radius 1 is 0.968 bits per heavy atom. The number of aromatic nitrogens is 4. The number of carbonyl (C=O) groups is 1. The van der Waals surface area contributed by atoms with Gasteiger partial charge in [0.2, 0.25) is 11.7 Å². The molecule has 8 heteroatoms. The number of hydrogen-bond acceptors (Lipinski definition) is 5. The molecule has 0 aliphatic rings. The van der Waals surface area contributed by atoms with Crippen LogP contribution in [0.2, 0.25) is 5.02 Å². The van der Waals surface area contributed by atoms with Gasteiger partial charge < -0.3 is 14.8 Å². The third kappa shape index (κ3) is 3.78. The van der Waals surface area contributed by atoms with Crippen molar-refractivity contribution in [1.82, 2.24) is 20.1 Å². The average Bonchev–Trinajstić information content (AvgIpc) is 3.42. The lowest BCUT2D eigenvalue weighted by Gasteiger charge is -2.06. The Hall–Kier alpha value is -3.97. The van der Waals surface area contributed by atoms with Crippen LogP contribution in [-0.4, -0.2) is 26.0 Å². The highest BCUT2D eigenvalue weighted by Crippen LogP contribution is 2.26. The molecule has 2 N–H and O–H groups in total. The van der Waals surface area contributed by atoms with Gasteiger partial charge in [-0.3, -0.25) is 4.79 Å². The summed E-state index contributed by atoms with van der Waals surface area (Å²) in [5.41, 5.74) is 4.49. The molecule has 0 radical (unpaired) electrons. The van der Waals surface area contributed by atoms with Crippen LogP contribution in [0.5, 0.6) is 0 Å². The Balaban J connectivity index is 1.31. The zero-order valence-electron chi connectivity index (χ0n) is 16.4. The summed E-state index contributed by atoms with van der Waals surface area (Å²) in [7, 11) is 0. The van der Waals surface area contributed by atoms with E-state index in [1.165, 1.54) is 0 Å². The topological polar surface area (TPSA) is 96.7 Å². The van der Waals surface area contributed by atoms with Gasteiger partial charge in [0.1, 0.15) is 11.3 Å². The summed E-state index contributed by atoms with van der Waals surface area (Å²) >= 11 is 6.20. The lowest BCUT2D eigenvalue weighted by Crippen LogP contribution is -2.11. The maximum atomic E-state index is 12.6. The number of imidazole rings is 1. The molecule has 152 valence electrons. The smallest absolute Gasteiger partial charge is 0.255 e. The predicted molar refractivity (Wildman–Crippen MR) is 119 cm³/mol. The van der Waals surface area contributed by atoms with E-state index in [1.54, 1.807) is 31.2 Å². The van der Waals surface area contributed by atoms with Crippen LogP contribution in [-0.2, 0) is 0 Å². The lowest BCUT2D eigenvalue weighted by molar-refractivity contribution is 0.102. The van der Waals surface area contributed by atoms with Crippen LogP contribution < -0.4 is 5.32 Å². The number of para-hydroxylation sites is 1. The summed E-state index contributed by atoms with van der Waals surface area (Å²) in [6, 6.07) is 20.1. The van der Waals surface area contributed by atoms with Crippen LogP contribution in [0.1, 0.15) is 16.2 Å². The van der Waals surface area contributed by atoms with Gasteiger partial charge in [-0.25, -0.2) is 4.98 Å². The minimum absolute atomic E-state index is 0.209. The highest BCUT2D eigenvalue weighted by Gasteiger charge is 2.11. The molecule has 1 amide bonds. The highest BCUT2D eigenvalue weighted by atomic mass is 35.5. The Labute approximate surface area is 182 Å². The van der Waals surface area contributed by atoms with Gasteiger partial charge in [0.25, 0.3) is 5.91 Å². The van der Waals surface area contributed by atoms with Crippen LogP contribution in [0.15, 0.2) is 71.3 Å². The lowest BCUT2D eigenvalue weighted by atomic mass is 10.1. The van der Waals surface area contributed by atoms with Gasteiger partial charge in [-0.05, 0) is 48.5 Å². The molecule has 0 aliphatic heterocycles. The number of aryl methyl sites for hydroxylation is 1. The molecule has 0 aliphatic carbocycles. The van der Waals surface area contributed by atoms with Crippen LogP contribution in [0, 0.1) is 6.92 Å². The molecule has 2 aromatic heterocycles. The standard InChI is InChI=1S/C23H16ClN5O2/c1-13-25-22(29-31-13)15-5-7-16(8-6-15)23(30)26-17-11-9-14(10-12-17)21-27-19-4-2-3-18(24)20(19)28-21/h2-12H,1H3,(H,26,30)(H,27,28). The van der Waals surface area contributed by atoms with E-state index in [0.29, 0.717) is 33.8 Å². The van der Waals surface area contributed by atoms with Crippen molar-refractivity contribution in [2.45, 2.75) is 6.92 Å². The summed E-state index contributed by atoms with van der Waals surface area (Å²) in [4.78, 5) is 24.6. The van der Waals surface area contributed by atoms with E-state index in [9.17, 15) is 4.79 Å². The molecule has 0 fully saturated rings. The molecule has 0 saturated heterocycles. The average molecular weight is 430 g/mol. The zero-order chi connectivity index (χ0) is 21.4. The number of amides is 1. The van der Waals surface area contributed by atoms with Gasteiger partial charge in [0, 0.05) is 29.3 Å². The van der Waals surface area contributed by atoms with Gasteiger partial charge in [-0.15, -0.1) is 0 Å². The summed E-state index contributed by atoms with van der Waals surface area (Å²) in [5.74, 6) is 1.49. The molecule has 0 unspecified atom stereocenters. The van der Waals surface area contributed by atoms with Crippen LogP contribution in [0.3, 0.4) is 0 Å². The van der Waals surface area contributed by atoms with Crippen molar-refractivity contribution >= 4 is 34.2 Å². The van der Waals surface area contributed by atoms with Crippen LogP contribution in [0.4, 0.5) is 5.69 Å². The first-order valence-corrected chi connectivity index (χ1v) is 9.91. The molecule has 0 bridgehead atoms. The normalized spacial score (nSPS) is 11.0. The van der Waals surface area contributed by atoms with Crippen molar-refractivity contribution in [1.29, 1.82) is 0 Å². The van der Waals surface area contributed by atoms with E-state index in [1.807, 2.05) is 42.5 Å². The fourth-order valence-corrected chi connectivity index (χ4v) is 3.45.